The number of piperazine rings is 1. The fourth-order valence-corrected chi connectivity index (χ4v) is 8.11. The summed E-state index contributed by atoms with van der Waals surface area (Å²) < 4.78 is 6.08. The third-order valence-electron chi connectivity index (χ3n) is 11.2. The number of urea groups is 1. The Kier molecular flexibility index (Phi) is 11.5. The van der Waals surface area contributed by atoms with E-state index in [1.165, 1.54) is 25.7 Å². The van der Waals surface area contributed by atoms with Crippen molar-refractivity contribution < 1.29 is 24.2 Å². The number of fused-ring (bicyclic) bond motifs is 1. The standard InChI is InChI=1S/C38H53N5O5.CH4/c1-26-23-28(24-27(2)34(26)44)25-33(35(45)41-21-19-40(20-22-41)30-9-14-38(3,4)15-10-30)48-37(47)42-16-12-31(13-17-42)43-18-11-29-7-5-6-8-32(29)39-36(43)46;/h5-8,23-24,30-31,33,44H,9-22,25H2,1-4H3,(H,39,46);1H4/t33-;/m1./s1. The van der Waals surface area contributed by atoms with Crippen molar-refractivity contribution in [1.29, 1.82) is 0 Å². The fraction of sp³-hybridized carbons (Fsp3) is 0.615. The van der Waals surface area contributed by atoms with Gasteiger partial charge in [-0.15, -0.1) is 0 Å². The Morgan fingerprint density at radius 2 is 1.53 bits per heavy atom. The number of benzene rings is 2. The second kappa shape index (κ2) is 15.4. The summed E-state index contributed by atoms with van der Waals surface area (Å²) in [4.78, 5) is 48.8. The van der Waals surface area contributed by atoms with Gasteiger partial charge in [-0.3, -0.25) is 9.69 Å². The van der Waals surface area contributed by atoms with Crippen molar-refractivity contribution in [3.63, 3.8) is 0 Å². The highest BCUT2D eigenvalue weighted by molar-refractivity contribution is 5.91. The molecule has 2 aromatic carbocycles. The lowest BCUT2D eigenvalue weighted by atomic mass is 9.75. The molecule has 4 aliphatic rings. The molecule has 10 nitrogen and oxygen atoms in total. The number of ether oxygens (including phenoxy) is 1. The van der Waals surface area contributed by atoms with Crippen LogP contribution in [-0.2, 0) is 22.4 Å². The second-order valence-electron chi connectivity index (χ2n) is 15.2. The largest absolute Gasteiger partial charge is 0.507 e. The number of likely N-dealkylation sites (tertiary alicyclic amines) is 1. The Hall–Kier alpha value is -3.79. The van der Waals surface area contributed by atoms with E-state index >= 15 is 0 Å². The number of phenols is 1. The van der Waals surface area contributed by atoms with Crippen LogP contribution in [0.5, 0.6) is 5.75 Å². The van der Waals surface area contributed by atoms with Gasteiger partial charge in [0.1, 0.15) is 5.75 Å². The Balaban J connectivity index is 0.00000468. The third kappa shape index (κ3) is 8.51. The highest BCUT2D eigenvalue weighted by Gasteiger charge is 2.37. The van der Waals surface area contributed by atoms with Gasteiger partial charge in [-0.2, -0.15) is 0 Å². The molecule has 10 heteroatoms. The zero-order valence-corrected chi connectivity index (χ0v) is 29.2. The van der Waals surface area contributed by atoms with E-state index in [4.69, 9.17) is 4.74 Å². The minimum absolute atomic E-state index is 0. The van der Waals surface area contributed by atoms with E-state index in [1.807, 2.05) is 60.0 Å². The summed E-state index contributed by atoms with van der Waals surface area (Å²) in [6, 6.07) is 12.1. The first kappa shape index (κ1) is 36.5. The SMILES string of the molecule is C.Cc1cc(C[C@@H](OC(=O)N2CCC(N3CCc4ccccc4NC3=O)CC2)C(=O)N2CCN(C3CCC(C)(C)CC3)CC2)cc(C)c1O. The van der Waals surface area contributed by atoms with E-state index in [0.717, 1.165) is 47.5 Å². The Morgan fingerprint density at radius 3 is 2.18 bits per heavy atom. The monoisotopic (exact) mass is 675 g/mol. The molecule has 0 unspecified atom stereocenters. The number of aromatic hydroxyl groups is 1. The number of hydrogen-bond donors (Lipinski definition) is 2. The minimum atomic E-state index is -0.963. The average molecular weight is 676 g/mol. The molecule has 1 aliphatic carbocycles. The van der Waals surface area contributed by atoms with Crippen molar-refractivity contribution in [1.82, 2.24) is 19.6 Å². The van der Waals surface area contributed by atoms with Crippen LogP contribution in [0.4, 0.5) is 15.3 Å². The van der Waals surface area contributed by atoms with Crippen LogP contribution in [0.1, 0.15) is 82.1 Å². The molecular formula is C39H57N5O5. The molecule has 2 aromatic rings. The van der Waals surface area contributed by atoms with E-state index < -0.39 is 12.2 Å². The van der Waals surface area contributed by atoms with E-state index in [9.17, 15) is 19.5 Å². The van der Waals surface area contributed by atoms with Gasteiger partial charge in [-0.05, 0) is 92.5 Å². The quantitative estimate of drug-likeness (QED) is 0.369. The van der Waals surface area contributed by atoms with Crippen molar-refractivity contribution in [2.75, 3.05) is 51.1 Å². The topological polar surface area (TPSA) is 106 Å². The smallest absolute Gasteiger partial charge is 0.410 e. The van der Waals surface area contributed by atoms with Crippen LogP contribution in [0.15, 0.2) is 36.4 Å². The maximum absolute atomic E-state index is 14.1. The predicted octanol–water partition coefficient (Wildman–Crippen LogP) is 6.36. The van der Waals surface area contributed by atoms with Crippen LogP contribution in [0, 0.1) is 19.3 Å². The number of aryl methyl sites for hydroxylation is 2. The van der Waals surface area contributed by atoms with Crippen molar-refractivity contribution in [2.24, 2.45) is 5.41 Å². The second-order valence-corrected chi connectivity index (χ2v) is 15.2. The first-order valence-corrected chi connectivity index (χ1v) is 17.9. The number of nitrogens with one attached hydrogen (secondary N) is 1. The predicted molar refractivity (Wildman–Crippen MR) is 193 cm³/mol. The molecule has 0 radical (unpaired) electrons. The van der Waals surface area contributed by atoms with E-state index in [-0.39, 0.29) is 37.6 Å². The zero-order valence-electron chi connectivity index (χ0n) is 29.2. The summed E-state index contributed by atoms with van der Waals surface area (Å²) in [5.74, 6) is 0.0810. The number of amides is 4. The summed E-state index contributed by atoms with van der Waals surface area (Å²) in [6.07, 6.45) is 5.74. The number of carbonyl (C=O) groups is 3. The number of anilines is 1. The van der Waals surface area contributed by atoms with Gasteiger partial charge in [0.2, 0.25) is 0 Å². The summed E-state index contributed by atoms with van der Waals surface area (Å²) in [7, 11) is 0. The molecule has 4 amide bonds. The molecule has 3 aliphatic heterocycles. The molecule has 0 bridgehead atoms. The fourth-order valence-electron chi connectivity index (χ4n) is 8.11. The van der Waals surface area contributed by atoms with Crippen LogP contribution >= 0.6 is 0 Å². The molecule has 3 fully saturated rings. The van der Waals surface area contributed by atoms with Gasteiger partial charge >= 0.3 is 12.1 Å². The molecule has 3 heterocycles. The van der Waals surface area contributed by atoms with Gasteiger partial charge in [0.05, 0.1) is 0 Å². The Morgan fingerprint density at radius 1 is 0.898 bits per heavy atom. The number of phenolic OH excluding ortho intramolecular Hbond substituents is 1. The molecule has 2 N–H and O–H groups in total. The summed E-state index contributed by atoms with van der Waals surface area (Å²) in [6.45, 7) is 12.8. The molecule has 49 heavy (non-hydrogen) atoms. The van der Waals surface area contributed by atoms with Crippen molar-refractivity contribution in [3.8, 4) is 5.75 Å². The maximum Gasteiger partial charge on any atom is 0.410 e. The van der Waals surface area contributed by atoms with Crippen molar-refractivity contribution in [3.05, 3.63) is 58.7 Å². The molecular weight excluding hydrogens is 618 g/mol. The first-order valence-electron chi connectivity index (χ1n) is 17.9. The number of nitrogens with zero attached hydrogens (tertiary/aromatic N) is 4. The van der Waals surface area contributed by atoms with Gasteiger partial charge < -0.3 is 29.9 Å². The molecule has 268 valence electrons. The minimum Gasteiger partial charge on any atom is -0.507 e. The maximum atomic E-state index is 14.1. The number of para-hydroxylation sites is 1. The van der Waals surface area contributed by atoms with Gasteiger partial charge in [-0.25, -0.2) is 9.59 Å². The molecule has 0 spiro atoms. The lowest BCUT2D eigenvalue weighted by molar-refractivity contribution is -0.143. The molecule has 0 aromatic heterocycles. The van der Waals surface area contributed by atoms with E-state index in [2.05, 4.69) is 24.1 Å². The zero-order chi connectivity index (χ0) is 34.0. The van der Waals surface area contributed by atoms with Gasteiger partial charge in [-0.1, -0.05) is 51.6 Å². The van der Waals surface area contributed by atoms with Gasteiger partial charge in [0.15, 0.2) is 6.10 Å². The number of rotatable bonds is 6. The number of carbonyl (C=O) groups excluding carboxylic acids is 3. The Bertz CT molecular complexity index is 1460. The van der Waals surface area contributed by atoms with Gasteiger partial charge in [0.25, 0.3) is 5.91 Å². The van der Waals surface area contributed by atoms with Crippen LogP contribution < -0.4 is 5.32 Å². The lowest BCUT2D eigenvalue weighted by Crippen LogP contribution is -2.56. The molecule has 2 saturated heterocycles. The average Bonchev–Trinajstić information content (AvgIpc) is 3.24. The van der Waals surface area contributed by atoms with Crippen molar-refractivity contribution >= 4 is 23.7 Å². The summed E-state index contributed by atoms with van der Waals surface area (Å²) in [5, 5.41) is 13.4. The first-order chi connectivity index (χ1) is 23.0. The van der Waals surface area contributed by atoms with E-state index in [1.54, 1.807) is 4.90 Å². The van der Waals surface area contributed by atoms with Crippen LogP contribution in [-0.4, -0.2) is 107 Å². The third-order valence-corrected chi connectivity index (χ3v) is 11.2. The number of piperidine rings is 1. The molecule has 6 rings (SSSR count). The van der Waals surface area contributed by atoms with Crippen LogP contribution in [0.2, 0.25) is 0 Å². The highest BCUT2D eigenvalue weighted by atomic mass is 16.6. The van der Waals surface area contributed by atoms with E-state index in [0.29, 0.717) is 57.0 Å². The summed E-state index contributed by atoms with van der Waals surface area (Å²) in [5.41, 5.74) is 4.72. The normalized spacial score (nSPS) is 21.2. The molecule has 1 saturated carbocycles. The molecule has 1 atom stereocenters. The van der Waals surface area contributed by atoms with Crippen molar-refractivity contribution in [2.45, 2.75) is 105 Å². The lowest BCUT2D eigenvalue weighted by Gasteiger charge is -2.44. The summed E-state index contributed by atoms with van der Waals surface area (Å²) >= 11 is 0. The highest BCUT2D eigenvalue weighted by Crippen LogP contribution is 2.37. The number of hydrogen-bond acceptors (Lipinski definition) is 6. The van der Waals surface area contributed by atoms with Gasteiger partial charge in [0, 0.05) is 70.0 Å². The van der Waals surface area contributed by atoms with Crippen LogP contribution in [0.25, 0.3) is 0 Å². The Labute approximate surface area is 292 Å². The van der Waals surface area contributed by atoms with Crippen LogP contribution in [0.3, 0.4) is 0 Å².